The number of benzene rings is 3. The Kier molecular flexibility index (Phi) is 5.56. The molecule has 5 heteroatoms. The highest BCUT2D eigenvalue weighted by molar-refractivity contribution is 5.95. The molecule has 0 N–H and O–H groups in total. The van der Waals surface area contributed by atoms with Gasteiger partial charge in [-0.2, -0.15) is 0 Å². The lowest BCUT2D eigenvalue weighted by Crippen LogP contribution is -2.16. The van der Waals surface area contributed by atoms with Gasteiger partial charge in [0.1, 0.15) is 42.2 Å². The average Bonchev–Trinajstić information content (AvgIpc) is 3.21. The highest BCUT2D eigenvalue weighted by Crippen LogP contribution is 2.24. The van der Waals surface area contributed by atoms with Gasteiger partial charge in [-0.15, -0.1) is 0 Å². The highest BCUT2D eigenvalue weighted by Gasteiger charge is 2.25. The summed E-state index contributed by atoms with van der Waals surface area (Å²) in [6.07, 6.45) is 1.02. The van der Waals surface area contributed by atoms with Crippen LogP contribution in [0.15, 0.2) is 71.7 Å². The summed E-state index contributed by atoms with van der Waals surface area (Å²) >= 11 is 0. The quantitative estimate of drug-likeness (QED) is 0.560. The highest BCUT2D eigenvalue weighted by atomic mass is 19.1. The Morgan fingerprint density at radius 2 is 1.55 bits per heavy atom. The Morgan fingerprint density at radius 1 is 0.931 bits per heavy atom. The van der Waals surface area contributed by atoms with E-state index in [0.717, 1.165) is 17.5 Å². The van der Waals surface area contributed by atoms with Crippen molar-refractivity contribution < 1.29 is 18.3 Å². The van der Waals surface area contributed by atoms with Crippen LogP contribution in [0, 0.1) is 11.6 Å². The van der Waals surface area contributed by atoms with Crippen molar-refractivity contribution in [1.82, 2.24) is 0 Å². The normalized spacial score (nSPS) is 15.7. The Labute approximate surface area is 168 Å². The Bertz CT molecular complexity index is 994. The van der Waals surface area contributed by atoms with Crippen molar-refractivity contribution in [3.63, 3.8) is 0 Å². The van der Waals surface area contributed by atoms with E-state index in [1.165, 1.54) is 23.8 Å². The van der Waals surface area contributed by atoms with Gasteiger partial charge in [-0.1, -0.05) is 49.4 Å². The number of nitrogens with zero attached hydrogens (tertiary/aromatic N) is 1. The molecule has 1 aliphatic rings. The van der Waals surface area contributed by atoms with E-state index in [0.29, 0.717) is 5.75 Å². The monoisotopic (exact) mass is 393 g/mol. The van der Waals surface area contributed by atoms with Crippen molar-refractivity contribution in [2.75, 3.05) is 13.2 Å². The number of aryl methyl sites for hydroxylation is 1. The molecule has 1 heterocycles. The average molecular weight is 393 g/mol. The number of ether oxygens (including phenoxy) is 2. The molecule has 3 nitrogen and oxygen atoms in total. The SMILES string of the molecule is CCc1ccc(-c2ccc(OCC3COC(c4c(F)cccc4F)=N3)cc2)cc1. The number of hydrogen-bond donors (Lipinski definition) is 0. The topological polar surface area (TPSA) is 30.8 Å². The van der Waals surface area contributed by atoms with Gasteiger partial charge >= 0.3 is 0 Å². The van der Waals surface area contributed by atoms with Gasteiger partial charge < -0.3 is 9.47 Å². The second kappa shape index (κ2) is 8.43. The van der Waals surface area contributed by atoms with E-state index in [4.69, 9.17) is 9.47 Å². The van der Waals surface area contributed by atoms with Crippen LogP contribution in [0.1, 0.15) is 18.1 Å². The van der Waals surface area contributed by atoms with Crippen molar-refractivity contribution in [2.45, 2.75) is 19.4 Å². The molecule has 1 aliphatic heterocycles. The first-order chi connectivity index (χ1) is 14.1. The van der Waals surface area contributed by atoms with Gasteiger partial charge in [0.25, 0.3) is 0 Å². The van der Waals surface area contributed by atoms with Crippen molar-refractivity contribution in [1.29, 1.82) is 0 Å². The fourth-order valence-corrected chi connectivity index (χ4v) is 3.21. The first-order valence-electron chi connectivity index (χ1n) is 9.61. The lowest BCUT2D eigenvalue weighted by molar-refractivity contribution is 0.242. The van der Waals surface area contributed by atoms with Crippen LogP contribution in [0.25, 0.3) is 11.1 Å². The van der Waals surface area contributed by atoms with Crippen LogP contribution < -0.4 is 4.74 Å². The van der Waals surface area contributed by atoms with Crippen LogP contribution in [-0.2, 0) is 11.2 Å². The zero-order valence-corrected chi connectivity index (χ0v) is 16.1. The lowest BCUT2D eigenvalue weighted by Gasteiger charge is -2.09. The van der Waals surface area contributed by atoms with E-state index in [9.17, 15) is 8.78 Å². The third kappa shape index (κ3) is 4.29. The summed E-state index contributed by atoms with van der Waals surface area (Å²) in [6.45, 7) is 2.63. The number of halogens is 2. The van der Waals surface area contributed by atoms with Crippen LogP contribution in [0.4, 0.5) is 8.78 Å². The Morgan fingerprint density at radius 3 is 2.17 bits per heavy atom. The minimum Gasteiger partial charge on any atom is -0.491 e. The van der Waals surface area contributed by atoms with E-state index in [1.54, 1.807) is 0 Å². The van der Waals surface area contributed by atoms with Crippen LogP contribution in [-0.4, -0.2) is 25.2 Å². The van der Waals surface area contributed by atoms with E-state index < -0.39 is 11.6 Å². The Hall–Kier alpha value is -3.21. The lowest BCUT2D eigenvalue weighted by atomic mass is 10.0. The summed E-state index contributed by atoms with van der Waals surface area (Å²) in [4.78, 5) is 4.27. The number of aliphatic imine (C=N–C) groups is 1. The smallest absolute Gasteiger partial charge is 0.222 e. The molecule has 3 aromatic carbocycles. The predicted molar refractivity (Wildman–Crippen MR) is 109 cm³/mol. The molecule has 0 aromatic heterocycles. The minimum atomic E-state index is -0.687. The molecule has 1 unspecified atom stereocenters. The molecular weight excluding hydrogens is 372 g/mol. The van der Waals surface area contributed by atoms with Crippen LogP contribution in [0.5, 0.6) is 5.75 Å². The standard InChI is InChI=1S/C24H21F2NO2/c1-2-16-6-8-17(9-7-16)18-10-12-20(13-11-18)28-14-19-15-29-24(27-19)23-21(25)4-3-5-22(23)26/h3-13,19H,2,14-15H2,1H3. The summed E-state index contributed by atoms with van der Waals surface area (Å²) in [7, 11) is 0. The van der Waals surface area contributed by atoms with Crippen molar-refractivity contribution in [2.24, 2.45) is 4.99 Å². The molecule has 1 atom stereocenters. The largest absolute Gasteiger partial charge is 0.491 e. The van der Waals surface area contributed by atoms with E-state index in [-0.39, 0.29) is 30.7 Å². The van der Waals surface area contributed by atoms with Crippen molar-refractivity contribution in [3.05, 3.63) is 89.5 Å². The zero-order chi connectivity index (χ0) is 20.2. The number of hydrogen-bond acceptors (Lipinski definition) is 3. The molecule has 0 fully saturated rings. The fourth-order valence-electron chi connectivity index (χ4n) is 3.21. The molecule has 3 aromatic rings. The molecule has 4 rings (SSSR count). The van der Waals surface area contributed by atoms with Gasteiger partial charge in [0.05, 0.1) is 0 Å². The van der Waals surface area contributed by atoms with Gasteiger partial charge in [0, 0.05) is 0 Å². The second-order valence-electron chi connectivity index (χ2n) is 6.88. The van der Waals surface area contributed by atoms with E-state index in [1.807, 2.05) is 24.3 Å². The molecule has 0 radical (unpaired) electrons. The van der Waals surface area contributed by atoms with Crippen LogP contribution >= 0.6 is 0 Å². The van der Waals surface area contributed by atoms with Crippen molar-refractivity contribution >= 4 is 5.90 Å². The minimum absolute atomic E-state index is 0.0138. The zero-order valence-electron chi connectivity index (χ0n) is 16.1. The molecule has 0 saturated heterocycles. The van der Waals surface area contributed by atoms with Gasteiger partial charge in [0.15, 0.2) is 0 Å². The predicted octanol–water partition coefficient (Wildman–Crippen LogP) is 5.42. The maximum atomic E-state index is 13.9. The fraction of sp³-hybridized carbons (Fsp3) is 0.208. The van der Waals surface area contributed by atoms with E-state index in [2.05, 4.69) is 36.2 Å². The third-order valence-electron chi connectivity index (χ3n) is 4.88. The second-order valence-corrected chi connectivity index (χ2v) is 6.88. The molecule has 29 heavy (non-hydrogen) atoms. The van der Waals surface area contributed by atoms with Crippen LogP contribution in [0.3, 0.4) is 0 Å². The van der Waals surface area contributed by atoms with Crippen LogP contribution in [0.2, 0.25) is 0 Å². The summed E-state index contributed by atoms with van der Waals surface area (Å²) < 4.78 is 38.9. The summed E-state index contributed by atoms with van der Waals surface area (Å²) in [6, 6.07) is 19.7. The summed E-state index contributed by atoms with van der Waals surface area (Å²) in [5.41, 5.74) is 3.34. The van der Waals surface area contributed by atoms with Gasteiger partial charge in [0.2, 0.25) is 5.90 Å². The maximum Gasteiger partial charge on any atom is 0.222 e. The third-order valence-corrected chi connectivity index (χ3v) is 4.88. The maximum absolute atomic E-state index is 13.9. The molecule has 0 bridgehead atoms. The molecule has 148 valence electrons. The first kappa shape index (κ1) is 19.1. The first-order valence-corrected chi connectivity index (χ1v) is 9.61. The van der Waals surface area contributed by atoms with Crippen molar-refractivity contribution in [3.8, 4) is 16.9 Å². The van der Waals surface area contributed by atoms with Gasteiger partial charge in [-0.25, -0.2) is 13.8 Å². The number of rotatable bonds is 6. The molecule has 0 amide bonds. The molecule has 0 saturated carbocycles. The Balaban J connectivity index is 1.39. The summed E-state index contributed by atoms with van der Waals surface area (Å²) in [5.74, 6) is -0.680. The molecule has 0 spiro atoms. The van der Waals surface area contributed by atoms with Gasteiger partial charge in [-0.05, 0) is 47.4 Å². The molecule has 0 aliphatic carbocycles. The van der Waals surface area contributed by atoms with Gasteiger partial charge in [-0.3, -0.25) is 0 Å². The van der Waals surface area contributed by atoms with E-state index >= 15 is 0 Å². The summed E-state index contributed by atoms with van der Waals surface area (Å²) in [5, 5.41) is 0. The molecular formula is C24H21F2NO2.